The fourth-order valence-corrected chi connectivity index (χ4v) is 1.84. The molecular weight excluding hydrogens is 230 g/mol. The van der Waals surface area contributed by atoms with Crippen LogP contribution in [0.4, 0.5) is 0 Å². The maximum Gasteiger partial charge on any atom is 0.309 e. The van der Waals surface area contributed by atoms with Crippen LogP contribution in [0.5, 0.6) is 5.75 Å². The predicted molar refractivity (Wildman–Crippen MR) is 70.8 cm³/mol. The van der Waals surface area contributed by atoms with Crippen molar-refractivity contribution in [1.82, 2.24) is 5.32 Å². The Balaban J connectivity index is 2.92. The van der Waals surface area contributed by atoms with Gasteiger partial charge in [0.05, 0.1) is 12.5 Å². The minimum atomic E-state index is -0.786. The van der Waals surface area contributed by atoms with Crippen LogP contribution in [0.1, 0.15) is 31.9 Å². The number of rotatable bonds is 6. The van der Waals surface area contributed by atoms with E-state index < -0.39 is 11.4 Å². The second-order valence-corrected chi connectivity index (χ2v) is 5.01. The molecule has 0 aliphatic carbocycles. The van der Waals surface area contributed by atoms with Gasteiger partial charge in [0.1, 0.15) is 5.75 Å². The van der Waals surface area contributed by atoms with Gasteiger partial charge in [-0.05, 0) is 45.0 Å². The van der Waals surface area contributed by atoms with Crippen LogP contribution in [0.2, 0.25) is 0 Å². The maximum absolute atomic E-state index is 11.2. The summed E-state index contributed by atoms with van der Waals surface area (Å²) in [5.74, 6) is -0.00785. The molecule has 18 heavy (non-hydrogen) atoms. The van der Waals surface area contributed by atoms with Gasteiger partial charge in [-0.3, -0.25) is 4.79 Å². The van der Waals surface area contributed by atoms with Crippen LogP contribution in [0.25, 0.3) is 0 Å². The fourth-order valence-electron chi connectivity index (χ4n) is 1.84. The summed E-state index contributed by atoms with van der Waals surface area (Å²) in [4.78, 5) is 11.2. The van der Waals surface area contributed by atoms with Crippen LogP contribution in [0, 0.1) is 5.41 Å². The molecule has 2 N–H and O–H groups in total. The Bertz CT molecular complexity index is 415. The van der Waals surface area contributed by atoms with Crippen LogP contribution in [0.15, 0.2) is 24.3 Å². The first-order valence-corrected chi connectivity index (χ1v) is 5.95. The van der Waals surface area contributed by atoms with Crippen molar-refractivity contribution in [3.63, 3.8) is 0 Å². The third kappa shape index (κ3) is 3.47. The summed E-state index contributed by atoms with van der Waals surface area (Å²) in [7, 11) is 3.46. The Morgan fingerprint density at radius 1 is 1.50 bits per heavy atom. The summed E-state index contributed by atoms with van der Waals surface area (Å²) in [6.07, 6.45) is 0.520. The van der Waals surface area contributed by atoms with E-state index in [4.69, 9.17) is 4.74 Å². The van der Waals surface area contributed by atoms with Gasteiger partial charge in [0.15, 0.2) is 0 Å². The van der Waals surface area contributed by atoms with Crippen molar-refractivity contribution in [3.05, 3.63) is 29.8 Å². The SMILES string of the molecule is CNC(CC(C)(C)C(=O)O)c1cccc(OC)c1. The first-order chi connectivity index (χ1) is 8.40. The molecule has 0 aromatic heterocycles. The largest absolute Gasteiger partial charge is 0.497 e. The zero-order valence-corrected chi connectivity index (χ0v) is 11.4. The highest BCUT2D eigenvalue weighted by Gasteiger charge is 2.30. The van der Waals surface area contributed by atoms with Crippen LogP contribution >= 0.6 is 0 Å². The highest BCUT2D eigenvalue weighted by Crippen LogP contribution is 2.31. The Kier molecular flexibility index (Phi) is 4.73. The number of carboxylic acid groups (broad SMARTS) is 1. The summed E-state index contributed by atoms with van der Waals surface area (Å²) in [5, 5.41) is 12.3. The molecule has 4 heteroatoms. The number of methoxy groups -OCH3 is 1. The molecule has 0 heterocycles. The van der Waals surface area contributed by atoms with Crippen LogP contribution in [-0.2, 0) is 4.79 Å². The second kappa shape index (κ2) is 5.87. The van der Waals surface area contributed by atoms with E-state index >= 15 is 0 Å². The van der Waals surface area contributed by atoms with E-state index in [0.29, 0.717) is 6.42 Å². The lowest BCUT2D eigenvalue weighted by molar-refractivity contribution is -0.147. The van der Waals surface area contributed by atoms with Gasteiger partial charge in [-0.1, -0.05) is 12.1 Å². The monoisotopic (exact) mass is 251 g/mol. The van der Waals surface area contributed by atoms with Gasteiger partial charge in [-0.15, -0.1) is 0 Å². The van der Waals surface area contributed by atoms with E-state index in [2.05, 4.69) is 5.32 Å². The van der Waals surface area contributed by atoms with Crippen molar-refractivity contribution in [3.8, 4) is 5.75 Å². The van der Waals surface area contributed by atoms with E-state index in [1.54, 1.807) is 21.0 Å². The third-order valence-corrected chi connectivity index (χ3v) is 3.14. The van der Waals surface area contributed by atoms with Crippen LogP contribution < -0.4 is 10.1 Å². The summed E-state index contributed by atoms with van der Waals surface area (Å²) < 4.78 is 5.18. The lowest BCUT2D eigenvalue weighted by atomic mass is 9.83. The number of hydrogen-bond acceptors (Lipinski definition) is 3. The number of carboxylic acids is 1. The quantitative estimate of drug-likeness (QED) is 0.815. The molecule has 0 spiro atoms. The maximum atomic E-state index is 11.2. The molecule has 0 saturated heterocycles. The van der Waals surface area contributed by atoms with Crippen LogP contribution in [0.3, 0.4) is 0 Å². The lowest BCUT2D eigenvalue weighted by Gasteiger charge is -2.26. The highest BCUT2D eigenvalue weighted by molar-refractivity contribution is 5.73. The van der Waals surface area contributed by atoms with Crippen LogP contribution in [-0.4, -0.2) is 25.2 Å². The molecule has 4 nitrogen and oxygen atoms in total. The molecule has 1 atom stereocenters. The molecule has 1 rings (SSSR count). The molecule has 0 saturated carbocycles. The van der Waals surface area contributed by atoms with E-state index in [0.717, 1.165) is 11.3 Å². The minimum absolute atomic E-state index is 0.00815. The van der Waals surface area contributed by atoms with Gasteiger partial charge >= 0.3 is 5.97 Å². The van der Waals surface area contributed by atoms with Crippen molar-refractivity contribution < 1.29 is 14.6 Å². The zero-order chi connectivity index (χ0) is 13.8. The number of nitrogens with one attached hydrogen (secondary N) is 1. The van der Waals surface area contributed by atoms with Gasteiger partial charge in [0.2, 0.25) is 0 Å². The summed E-state index contributed by atoms with van der Waals surface area (Å²) >= 11 is 0. The molecular formula is C14H21NO3. The molecule has 0 fully saturated rings. The predicted octanol–water partition coefficient (Wildman–Crippen LogP) is 2.46. The Hall–Kier alpha value is -1.55. The molecule has 0 bridgehead atoms. The molecule has 0 amide bonds. The third-order valence-electron chi connectivity index (χ3n) is 3.14. The first-order valence-electron chi connectivity index (χ1n) is 5.95. The topological polar surface area (TPSA) is 58.6 Å². The smallest absolute Gasteiger partial charge is 0.309 e. The average Bonchev–Trinajstić information content (AvgIpc) is 2.35. The first kappa shape index (κ1) is 14.5. The summed E-state index contributed by atoms with van der Waals surface area (Å²) in [6, 6.07) is 7.68. The summed E-state index contributed by atoms with van der Waals surface area (Å²) in [5.41, 5.74) is 0.266. The van der Waals surface area contributed by atoms with E-state index in [1.807, 2.05) is 31.3 Å². The standard InChI is InChI=1S/C14H21NO3/c1-14(2,13(16)17)9-12(15-3)10-6-5-7-11(8-10)18-4/h5-8,12,15H,9H2,1-4H3,(H,16,17). The van der Waals surface area contributed by atoms with Crippen molar-refractivity contribution in [2.45, 2.75) is 26.3 Å². The Labute approximate surface area is 108 Å². The molecule has 1 aromatic carbocycles. The molecule has 1 aromatic rings. The highest BCUT2D eigenvalue weighted by atomic mass is 16.5. The number of carbonyl (C=O) groups is 1. The lowest BCUT2D eigenvalue weighted by Crippen LogP contribution is -2.30. The van der Waals surface area contributed by atoms with Crippen molar-refractivity contribution in [2.75, 3.05) is 14.2 Å². The molecule has 0 radical (unpaired) electrons. The fraction of sp³-hybridized carbons (Fsp3) is 0.500. The van der Waals surface area contributed by atoms with Gasteiger partial charge in [-0.2, -0.15) is 0 Å². The average molecular weight is 251 g/mol. The molecule has 0 aliphatic rings. The number of ether oxygens (including phenoxy) is 1. The molecule has 1 unspecified atom stereocenters. The normalized spacial score (nSPS) is 13.1. The van der Waals surface area contributed by atoms with Gasteiger partial charge in [0, 0.05) is 6.04 Å². The number of benzene rings is 1. The van der Waals surface area contributed by atoms with E-state index in [-0.39, 0.29) is 6.04 Å². The van der Waals surface area contributed by atoms with Crippen molar-refractivity contribution in [2.24, 2.45) is 5.41 Å². The Morgan fingerprint density at radius 3 is 2.67 bits per heavy atom. The van der Waals surface area contributed by atoms with Gasteiger partial charge < -0.3 is 15.2 Å². The van der Waals surface area contributed by atoms with E-state index in [1.165, 1.54) is 0 Å². The Morgan fingerprint density at radius 2 is 2.17 bits per heavy atom. The van der Waals surface area contributed by atoms with Gasteiger partial charge in [-0.25, -0.2) is 0 Å². The number of aliphatic carboxylic acids is 1. The minimum Gasteiger partial charge on any atom is -0.497 e. The number of hydrogen-bond donors (Lipinski definition) is 2. The second-order valence-electron chi connectivity index (χ2n) is 5.01. The zero-order valence-electron chi connectivity index (χ0n) is 11.4. The van der Waals surface area contributed by atoms with E-state index in [9.17, 15) is 9.90 Å². The molecule has 100 valence electrons. The summed E-state index contributed by atoms with van der Waals surface area (Å²) in [6.45, 7) is 3.47. The van der Waals surface area contributed by atoms with Crippen molar-refractivity contribution >= 4 is 5.97 Å². The van der Waals surface area contributed by atoms with Crippen molar-refractivity contribution in [1.29, 1.82) is 0 Å². The molecule has 0 aliphatic heterocycles. The van der Waals surface area contributed by atoms with Gasteiger partial charge in [0.25, 0.3) is 0 Å².